The molecule has 4 heteroatoms. The van der Waals surface area contributed by atoms with Crippen LogP contribution in [0.3, 0.4) is 0 Å². The third kappa shape index (κ3) is 2.54. The number of benzene rings is 3. The molecule has 0 unspecified atom stereocenters. The summed E-state index contributed by atoms with van der Waals surface area (Å²) in [7, 11) is 0. The highest BCUT2D eigenvalue weighted by Crippen LogP contribution is 2.24. The second kappa shape index (κ2) is 5.69. The molecule has 0 saturated heterocycles. The molecule has 0 saturated carbocycles. The van der Waals surface area contributed by atoms with Crippen LogP contribution in [0.4, 0.5) is 0 Å². The molecule has 0 fully saturated rings. The van der Waals surface area contributed by atoms with E-state index in [0.29, 0.717) is 11.1 Å². The molecule has 0 atom stereocenters. The van der Waals surface area contributed by atoms with Crippen LogP contribution in [-0.4, -0.2) is 17.0 Å². The minimum absolute atomic E-state index is 0.0643. The molecule has 0 radical (unpaired) electrons. The number of esters is 1. The number of rotatable bonds is 3. The van der Waals surface area contributed by atoms with E-state index in [0.717, 1.165) is 5.39 Å². The Labute approximate surface area is 126 Å². The molecule has 0 bridgehead atoms. The van der Waals surface area contributed by atoms with Gasteiger partial charge in [-0.3, -0.25) is 0 Å². The molecule has 0 aliphatic heterocycles. The molecule has 3 aromatic rings. The van der Waals surface area contributed by atoms with Crippen LogP contribution in [0, 0.1) is 0 Å². The van der Waals surface area contributed by atoms with Gasteiger partial charge in [0.15, 0.2) is 0 Å². The number of carboxylic acids is 1. The Kier molecular flexibility index (Phi) is 3.58. The molecule has 0 heterocycles. The maximum atomic E-state index is 12.5. The third-order valence-corrected chi connectivity index (χ3v) is 3.32. The molecule has 22 heavy (non-hydrogen) atoms. The third-order valence-electron chi connectivity index (χ3n) is 3.32. The van der Waals surface area contributed by atoms with Gasteiger partial charge in [0.25, 0.3) is 0 Å². The maximum absolute atomic E-state index is 12.5. The van der Waals surface area contributed by atoms with E-state index >= 15 is 0 Å². The van der Waals surface area contributed by atoms with Crippen LogP contribution in [0.25, 0.3) is 10.8 Å². The molecular formula is C18H12O4. The highest BCUT2D eigenvalue weighted by molar-refractivity contribution is 6.12. The fourth-order valence-corrected chi connectivity index (χ4v) is 2.32. The highest BCUT2D eigenvalue weighted by atomic mass is 16.5. The maximum Gasteiger partial charge on any atom is 0.345 e. The van der Waals surface area contributed by atoms with Crippen LogP contribution in [0.5, 0.6) is 5.75 Å². The molecule has 3 aromatic carbocycles. The number of carboxylic acid groups (broad SMARTS) is 1. The zero-order chi connectivity index (χ0) is 15.5. The fourth-order valence-electron chi connectivity index (χ4n) is 2.32. The Bertz CT molecular complexity index is 853. The summed E-state index contributed by atoms with van der Waals surface area (Å²) in [4.78, 5) is 23.9. The first-order valence-corrected chi connectivity index (χ1v) is 6.69. The summed E-state index contributed by atoms with van der Waals surface area (Å²) < 4.78 is 5.30. The topological polar surface area (TPSA) is 63.6 Å². The smallest absolute Gasteiger partial charge is 0.345 e. The Hall–Kier alpha value is -3.14. The lowest BCUT2D eigenvalue weighted by Gasteiger charge is -2.10. The second-order valence-corrected chi connectivity index (χ2v) is 4.72. The SMILES string of the molecule is O=C(O)c1ccc2ccccc2c1C(=O)Oc1ccccc1. The van der Waals surface area contributed by atoms with E-state index in [4.69, 9.17) is 4.74 Å². The number of carbonyl (C=O) groups is 2. The normalized spacial score (nSPS) is 10.4. The number of aromatic carboxylic acids is 1. The van der Waals surface area contributed by atoms with E-state index in [1.165, 1.54) is 6.07 Å². The van der Waals surface area contributed by atoms with Crippen molar-refractivity contribution < 1.29 is 19.4 Å². The molecule has 1 N–H and O–H groups in total. The molecule has 108 valence electrons. The van der Waals surface area contributed by atoms with Gasteiger partial charge in [-0.05, 0) is 29.0 Å². The summed E-state index contributed by atoms with van der Waals surface area (Å²) in [6, 6.07) is 18.8. The van der Waals surface area contributed by atoms with Crippen LogP contribution in [0.15, 0.2) is 66.7 Å². The van der Waals surface area contributed by atoms with E-state index in [1.54, 1.807) is 48.5 Å². The monoisotopic (exact) mass is 292 g/mol. The Balaban J connectivity index is 2.13. The molecule has 0 aliphatic rings. The van der Waals surface area contributed by atoms with Crippen molar-refractivity contribution in [2.75, 3.05) is 0 Å². The Morgan fingerprint density at radius 3 is 2.23 bits per heavy atom. The van der Waals surface area contributed by atoms with Gasteiger partial charge in [-0.15, -0.1) is 0 Å². The van der Waals surface area contributed by atoms with Crippen molar-refractivity contribution in [3.8, 4) is 5.75 Å². The Morgan fingerprint density at radius 2 is 1.50 bits per heavy atom. The van der Waals surface area contributed by atoms with Crippen LogP contribution in [0.1, 0.15) is 20.7 Å². The van der Waals surface area contributed by atoms with Crippen molar-refractivity contribution in [3.05, 3.63) is 77.9 Å². The number of fused-ring (bicyclic) bond motifs is 1. The minimum Gasteiger partial charge on any atom is -0.478 e. The molecule has 0 aromatic heterocycles. The van der Waals surface area contributed by atoms with Crippen molar-refractivity contribution in [1.82, 2.24) is 0 Å². The summed E-state index contributed by atoms with van der Waals surface area (Å²) in [5.41, 5.74) is -0.00548. The van der Waals surface area contributed by atoms with Crippen LogP contribution in [0.2, 0.25) is 0 Å². The van der Waals surface area contributed by atoms with Crippen LogP contribution < -0.4 is 4.74 Å². The summed E-state index contributed by atoms with van der Waals surface area (Å²) >= 11 is 0. The van der Waals surface area contributed by atoms with Gasteiger partial charge >= 0.3 is 11.9 Å². The van der Waals surface area contributed by atoms with Crippen molar-refractivity contribution in [3.63, 3.8) is 0 Å². The summed E-state index contributed by atoms with van der Waals surface area (Å²) in [5, 5.41) is 10.7. The average molecular weight is 292 g/mol. The number of para-hydroxylation sites is 1. The summed E-state index contributed by atoms with van der Waals surface area (Å²) in [5.74, 6) is -1.47. The fraction of sp³-hybridized carbons (Fsp3) is 0. The van der Waals surface area contributed by atoms with E-state index in [1.807, 2.05) is 12.1 Å². The van der Waals surface area contributed by atoms with Gasteiger partial charge in [0.05, 0.1) is 11.1 Å². The van der Waals surface area contributed by atoms with Crippen LogP contribution >= 0.6 is 0 Å². The number of hydrogen-bond donors (Lipinski definition) is 1. The highest BCUT2D eigenvalue weighted by Gasteiger charge is 2.21. The predicted octanol–water partition coefficient (Wildman–Crippen LogP) is 3.76. The van der Waals surface area contributed by atoms with Gasteiger partial charge in [0.2, 0.25) is 0 Å². The predicted molar refractivity (Wildman–Crippen MR) is 82.3 cm³/mol. The van der Waals surface area contributed by atoms with E-state index < -0.39 is 11.9 Å². The lowest BCUT2D eigenvalue weighted by atomic mass is 9.99. The van der Waals surface area contributed by atoms with E-state index in [-0.39, 0.29) is 11.1 Å². The first-order chi connectivity index (χ1) is 10.7. The zero-order valence-electron chi connectivity index (χ0n) is 11.5. The molecule has 0 aliphatic carbocycles. The quantitative estimate of drug-likeness (QED) is 0.589. The largest absolute Gasteiger partial charge is 0.478 e. The standard InChI is InChI=1S/C18H12O4/c19-17(20)15-11-10-12-6-4-5-9-14(12)16(15)18(21)22-13-7-2-1-3-8-13/h1-11H,(H,19,20). The van der Waals surface area contributed by atoms with Crippen molar-refractivity contribution in [1.29, 1.82) is 0 Å². The van der Waals surface area contributed by atoms with Gasteiger partial charge in [0, 0.05) is 0 Å². The van der Waals surface area contributed by atoms with Crippen molar-refractivity contribution in [2.45, 2.75) is 0 Å². The first kappa shape index (κ1) is 13.8. The molecule has 0 amide bonds. The molecule has 3 rings (SSSR count). The zero-order valence-corrected chi connectivity index (χ0v) is 11.5. The minimum atomic E-state index is -1.16. The van der Waals surface area contributed by atoms with Gasteiger partial charge in [-0.2, -0.15) is 0 Å². The average Bonchev–Trinajstić information content (AvgIpc) is 2.54. The van der Waals surface area contributed by atoms with E-state index in [9.17, 15) is 14.7 Å². The van der Waals surface area contributed by atoms with Gasteiger partial charge in [-0.1, -0.05) is 48.5 Å². The lowest BCUT2D eigenvalue weighted by molar-refractivity contribution is 0.0669. The Morgan fingerprint density at radius 1 is 0.818 bits per heavy atom. The molecular weight excluding hydrogens is 280 g/mol. The van der Waals surface area contributed by atoms with Gasteiger partial charge in [-0.25, -0.2) is 9.59 Å². The number of hydrogen-bond acceptors (Lipinski definition) is 3. The van der Waals surface area contributed by atoms with Crippen molar-refractivity contribution >= 4 is 22.7 Å². The van der Waals surface area contributed by atoms with Gasteiger partial charge < -0.3 is 9.84 Å². The molecule has 4 nitrogen and oxygen atoms in total. The molecule has 0 spiro atoms. The summed E-state index contributed by atoms with van der Waals surface area (Å²) in [6.07, 6.45) is 0. The van der Waals surface area contributed by atoms with Crippen LogP contribution in [-0.2, 0) is 0 Å². The van der Waals surface area contributed by atoms with Crippen molar-refractivity contribution in [2.24, 2.45) is 0 Å². The second-order valence-electron chi connectivity index (χ2n) is 4.72. The number of carbonyl (C=O) groups excluding carboxylic acids is 1. The number of ether oxygens (including phenoxy) is 1. The summed E-state index contributed by atoms with van der Waals surface area (Å²) in [6.45, 7) is 0. The van der Waals surface area contributed by atoms with Gasteiger partial charge in [0.1, 0.15) is 5.75 Å². The lowest BCUT2D eigenvalue weighted by Crippen LogP contribution is -2.14. The first-order valence-electron chi connectivity index (χ1n) is 6.69. The van der Waals surface area contributed by atoms with E-state index in [2.05, 4.69) is 0 Å².